The normalized spacial score (nSPS) is 10.7. The van der Waals surface area contributed by atoms with Crippen molar-refractivity contribution in [2.24, 2.45) is 5.73 Å². The van der Waals surface area contributed by atoms with Gasteiger partial charge in [-0.15, -0.1) is 0 Å². The van der Waals surface area contributed by atoms with E-state index < -0.39 is 5.91 Å². The number of para-hydroxylation sites is 1. The van der Waals surface area contributed by atoms with E-state index >= 15 is 0 Å². The standard InChI is InChI=1S/C22H19N5O2S/c1-13-8-9-15(10-14(13)2)19-17(12-27(26-19)16-6-4-3-5-7-16)21(29)25-22-24-11-18(30-22)20(23)28/h3-12H,1-2H3,(H2,23,28)(H,24,25,29). The number of benzene rings is 2. The summed E-state index contributed by atoms with van der Waals surface area (Å²) < 4.78 is 1.68. The molecule has 2 amide bonds. The molecule has 0 bridgehead atoms. The summed E-state index contributed by atoms with van der Waals surface area (Å²) >= 11 is 1.03. The molecule has 0 fully saturated rings. The first-order valence-corrected chi connectivity index (χ1v) is 10.0. The number of hydrogen-bond acceptors (Lipinski definition) is 5. The van der Waals surface area contributed by atoms with Gasteiger partial charge in [-0.1, -0.05) is 41.7 Å². The molecular weight excluding hydrogens is 398 g/mol. The summed E-state index contributed by atoms with van der Waals surface area (Å²) in [7, 11) is 0. The molecule has 30 heavy (non-hydrogen) atoms. The zero-order chi connectivity index (χ0) is 21.3. The molecule has 0 unspecified atom stereocenters. The Bertz CT molecular complexity index is 1240. The minimum atomic E-state index is -0.583. The first-order valence-electron chi connectivity index (χ1n) is 9.22. The van der Waals surface area contributed by atoms with Crippen LogP contribution in [0.4, 0.5) is 5.13 Å². The highest BCUT2D eigenvalue weighted by Crippen LogP contribution is 2.27. The highest BCUT2D eigenvalue weighted by Gasteiger charge is 2.20. The van der Waals surface area contributed by atoms with Gasteiger partial charge in [-0.2, -0.15) is 5.10 Å². The van der Waals surface area contributed by atoms with E-state index in [1.807, 2.05) is 62.4 Å². The minimum Gasteiger partial charge on any atom is -0.365 e. The van der Waals surface area contributed by atoms with Crippen LogP contribution in [-0.4, -0.2) is 26.6 Å². The van der Waals surface area contributed by atoms with Crippen molar-refractivity contribution in [1.29, 1.82) is 0 Å². The highest BCUT2D eigenvalue weighted by molar-refractivity contribution is 7.17. The number of carbonyl (C=O) groups excluding carboxylic acids is 2. The molecule has 7 nitrogen and oxygen atoms in total. The number of thiazole rings is 1. The van der Waals surface area contributed by atoms with Gasteiger partial charge in [0.1, 0.15) is 10.6 Å². The Morgan fingerprint density at radius 2 is 1.83 bits per heavy atom. The van der Waals surface area contributed by atoms with E-state index in [0.717, 1.165) is 33.7 Å². The summed E-state index contributed by atoms with van der Waals surface area (Å²) in [6.45, 7) is 4.06. The number of carbonyl (C=O) groups is 2. The van der Waals surface area contributed by atoms with Gasteiger partial charge in [0.15, 0.2) is 5.13 Å². The number of aryl methyl sites for hydroxylation is 2. The zero-order valence-corrected chi connectivity index (χ0v) is 17.2. The van der Waals surface area contributed by atoms with E-state index in [-0.39, 0.29) is 10.8 Å². The zero-order valence-electron chi connectivity index (χ0n) is 16.4. The van der Waals surface area contributed by atoms with Crippen molar-refractivity contribution in [3.63, 3.8) is 0 Å². The molecule has 3 N–H and O–H groups in total. The molecule has 2 heterocycles. The highest BCUT2D eigenvalue weighted by atomic mass is 32.1. The van der Waals surface area contributed by atoms with E-state index in [9.17, 15) is 9.59 Å². The van der Waals surface area contributed by atoms with Gasteiger partial charge in [0.25, 0.3) is 11.8 Å². The average Bonchev–Trinajstić information content (AvgIpc) is 3.38. The molecule has 2 aromatic carbocycles. The Hall–Kier alpha value is -3.78. The second kappa shape index (κ2) is 7.92. The summed E-state index contributed by atoms with van der Waals surface area (Å²) in [5.41, 5.74) is 10.2. The number of nitrogens with one attached hydrogen (secondary N) is 1. The molecule has 0 aliphatic rings. The van der Waals surface area contributed by atoms with Crippen molar-refractivity contribution < 1.29 is 9.59 Å². The smallest absolute Gasteiger partial charge is 0.261 e. The molecule has 0 spiro atoms. The van der Waals surface area contributed by atoms with Gasteiger partial charge in [0.05, 0.1) is 17.4 Å². The van der Waals surface area contributed by atoms with E-state index in [1.165, 1.54) is 6.20 Å². The summed E-state index contributed by atoms with van der Waals surface area (Å²) in [6.07, 6.45) is 3.04. The fourth-order valence-corrected chi connectivity index (χ4v) is 3.63. The molecule has 0 radical (unpaired) electrons. The number of nitrogens with two attached hydrogens (primary N) is 1. The molecule has 0 saturated heterocycles. The number of primary amides is 1. The van der Waals surface area contributed by atoms with Crippen molar-refractivity contribution in [1.82, 2.24) is 14.8 Å². The Morgan fingerprint density at radius 3 is 2.50 bits per heavy atom. The van der Waals surface area contributed by atoms with Crippen LogP contribution in [0.2, 0.25) is 0 Å². The minimum absolute atomic E-state index is 0.277. The molecular formula is C22H19N5O2S. The van der Waals surface area contributed by atoms with Crippen LogP contribution in [0.5, 0.6) is 0 Å². The van der Waals surface area contributed by atoms with Gasteiger partial charge < -0.3 is 5.73 Å². The number of rotatable bonds is 5. The maximum atomic E-state index is 13.1. The third-order valence-electron chi connectivity index (χ3n) is 4.73. The van der Waals surface area contributed by atoms with Gasteiger partial charge in [0, 0.05) is 11.8 Å². The number of hydrogen-bond donors (Lipinski definition) is 2. The van der Waals surface area contributed by atoms with E-state index in [2.05, 4.69) is 15.4 Å². The van der Waals surface area contributed by atoms with Crippen LogP contribution in [0.1, 0.15) is 31.2 Å². The molecule has 4 aromatic rings. The number of aromatic nitrogens is 3. The van der Waals surface area contributed by atoms with Crippen LogP contribution in [-0.2, 0) is 0 Å². The van der Waals surface area contributed by atoms with Crippen LogP contribution in [0.15, 0.2) is 60.9 Å². The first-order chi connectivity index (χ1) is 14.4. The van der Waals surface area contributed by atoms with Crippen LogP contribution in [0.3, 0.4) is 0 Å². The average molecular weight is 417 g/mol. The Kier molecular flexibility index (Phi) is 5.16. The predicted octanol–water partition coefficient (Wildman–Crippen LogP) is 3.96. The fourth-order valence-electron chi connectivity index (χ4n) is 2.97. The lowest BCUT2D eigenvalue weighted by Gasteiger charge is -2.05. The summed E-state index contributed by atoms with van der Waals surface area (Å²) in [5, 5.41) is 7.72. The number of nitrogens with zero attached hydrogens (tertiary/aromatic N) is 3. The molecule has 0 saturated carbocycles. The second-order valence-corrected chi connectivity index (χ2v) is 7.85. The Balaban J connectivity index is 1.76. The third-order valence-corrected chi connectivity index (χ3v) is 5.66. The monoisotopic (exact) mass is 417 g/mol. The topological polar surface area (TPSA) is 103 Å². The molecule has 150 valence electrons. The maximum absolute atomic E-state index is 13.1. The van der Waals surface area contributed by atoms with Crippen molar-refractivity contribution in [3.05, 3.63) is 82.5 Å². The summed E-state index contributed by atoms with van der Waals surface area (Å²) in [6, 6.07) is 15.5. The predicted molar refractivity (Wildman–Crippen MR) is 117 cm³/mol. The van der Waals surface area contributed by atoms with E-state index in [1.54, 1.807) is 10.9 Å². The van der Waals surface area contributed by atoms with E-state index in [4.69, 9.17) is 5.73 Å². The van der Waals surface area contributed by atoms with Gasteiger partial charge in [-0.3, -0.25) is 14.9 Å². The summed E-state index contributed by atoms with van der Waals surface area (Å²) in [5.74, 6) is -0.948. The Labute approximate surface area is 177 Å². The van der Waals surface area contributed by atoms with Gasteiger partial charge >= 0.3 is 0 Å². The lowest BCUT2D eigenvalue weighted by molar-refractivity contribution is 0.100. The first kappa shape index (κ1) is 19.5. The lowest BCUT2D eigenvalue weighted by Crippen LogP contribution is -2.12. The van der Waals surface area contributed by atoms with Crippen LogP contribution >= 0.6 is 11.3 Å². The molecule has 2 aromatic heterocycles. The Morgan fingerprint density at radius 1 is 1.07 bits per heavy atom. The lowest BCUT2D eigenvalue weighted by atomic mass is 10.0. The molecule has 4 rings (SSSR count). The van der Waals surface area contributed by atoms with Crippen LogP contribution in [0, 0.1) is 13.8 Å². The molecule has 0 aliphatic heterocycles. The molecule has 8 heteroatoms. The van der Waals surface area contributed by atoms with Gasteiger partial charge in [0.2, 0.25) is 0 Å². The number of amides is 2. The van der Waals surface area contributed by atoms with Crippen LogP contribution < -0.4 is 11.1 Å². The van der Waals surface area contributed by atoms with Crippen LogP contribution in [0.25, 0.3) is 16.9 Å². The van der Waals surface area contributed by atoms with Crippen molar-refractivity contribution in [2.45, 2.75) is 13.8 Å². The molecule has 0 atom stereocenters. The van der Waals surface area contributed by atoms with E-state index in [0.29, 0.717) is 16.4 Å². The van der Waals surface area contributed by atoms with Crippen molar-refractivity contribution in [3.8, 4) is 16.9 Å². The second-order valence-electron chi connectivity index (χ2n) is 6.82. The fraction of sp³-hybridized carbons (Fsp3) is 0.0909. The van der Waals surface area contributed by atoms with Crippen molar-refractivity contribution >= 4 is 28.3 Å². The van der Waals surface area contributed by atoms with Gasteiger partial charge in [-0.05, 0) is 43.2 Å². The summed E-state index contributed by atoms with van der Waals surface area (Å²) in [4.78, 5) is 28.7. The van der Waals surface area contributed by atoms with Crippen molar-refractivity contribution in [2.75, 3.05) is 5.32 Å². The van der Waals surface area contributed by atoms with Gasteiger partial charge in [-0.25, -0.2) is 9.67 Å². The number of anilines is 1. The maximum Gasteiger partial charge on any atom is 0.261 e. The molecule has 0 aliphatic carbocycles. The quantitative estimate of drug-likeness (QED) is 0.513. The third kappa shape index (κ3) is 3.85. The largest absolute Gasteiger partial charge is 0.365 e. The SMILES string of the molecule is Cc1ccc(-c2nn(-c3ccccc3)cc2C(=O)Nc2ncc(C(N)=O)s2)cc1C.